The number of benzene rings is 1. The highest BCUT2D eigenvalue weighted by molar-refractivity contribution is 7.10. The Morgan fingerprint density at radius 2 is 2.10 bits per heavy atom. The van der Waals surface area contributed by atoms with Gasteiger partial charge in [-0.1, -0.05) is 11.2 Å². The van der Waals surface area contributed by atoms with Crippen LogP contribution in [0.5, 0.6) is 11.5 Å². The van der Waals surface area contributed by atoms with Crippen molar-refractivity contribution in [2.75, 3.05) is 32.6 Å². The molecule has 3 heterocycles. The Bertz CT molecular complexity index is 1000. The second-order valence-electron chi connectivity index (χ2n) is 6.92. The summed E-state index contributed by atoms with van der Waals surface area (Å²) in [6, 6.07) is 9.90. The molecule has 1 aliphatic rings. The first-order chi connectivity index (χ1) is 14.1. The van der Waals surface area contributed by atoms with E-state index in [-0.39, 0.29) is 18.5 Å². The number of rotatable bonds is 6. The predicted molar refractivity (Wildman–Crippen MR) is 111 cm³/mol. The molecule has 29 heavy (non-hydrogen) atoms. The van der Waals surface area contributed by atoms with Crippen LogP contribution >= 0.6 is 11.3 Å². The lowest BCUT2D eigenvalue weighted by molar-refractivity contribution is -0.117. The minimum Gasteiger partial charge on any atom is -0.493 e. The molecular weight excluding hydrogens is 390 g/mol. The minimum absolute atomic E-state index is 0.0247. The zero-order valence-corrected chi connectivity index (χ0v) is 17.4. The summed E-state index contributed by atoms with van der Waals surface area (Å²) < 4.78 is 16.0. The van der Waals surface area contributed by atoms with E-state index in [1.807, 2.05) is 18.2 Å². The smallest absolute Gasteiger partial charge is 0.239 e. The first-order valence-corrected chi connectivity index (χ1v) is 10.2. The fourth-order valence-electron chi connectivity index (χ4n) is 3.74. The number of nitrogens with one attached hydrogen (secondary N) is 1. The molecule has 7 nitrogen and oxygen atoms in total. The van der Waals surface area contributed by atoms with Crippen molar-refractivity contribution < 1.29 is 18.8 Å². The number of amides is 1. The molecule has 1 aromatic carbocycles. The molecular formula is C21H23N3O4S. The average molecular weight is 413 g/mol. The van der Waals surface area contributed by atoms with Crippen molar-refractivity contribution in [3.63, 3.8) is 0 Å². The van der Waals surface area contributed by atoms with E-state index in [0.29, 0.717) is 17.3 Å². The maximum absolute atomic E-state index is 12.7. The molecule has 0 saturated heterocycles. The number of anilines is 1. The van der Waals surface area contributed by atoms with Crippen molar-refractivity contribution in [2.45, 2.75) is 19.4 Å². The van der Waals surface area contributed by atoms with Gasteiger partial charge in [0, 0.05) is 17.5 Å². The van der Waals surface area contributed by atoms with Gasteiger partial charge in [0.2, 0.25) is 5.91 Å². The van der Waals surface area contributed by atoms with Gasteiger partial charge in [-0.2, -0.15) is 0 Å². The van der Waals surface area contributed by atoms with E-state index in [2.05, 4.69) is 26.8 Å². The van der Waals surface area contributed by atoms with Crippen LogP contribution in [0.1, 0.15) is 27.8 Å². The number of aromatic nitrogens is 1. The Labute approximate surface area is 173 Å². The van der Waals surface area contributed by atoms with Gasteiger partial charge in [0.15, 0.2) is 17.3 Å². The van der Waals surface area contributed by atoms with Gasteiger partial charge in [0.25, 0.3) is 0 Å². The molecule has 1 N–H and O–H groups in total. The fraction of sp³-hybridized carbons (Fsp3) is 0.333. The number of methoxy groups -OCH3 is 2. The van der Waals surface area contributed by atoms with Crippen LogP contribution in [0.2, 0.25) is 0 Å². The third-order valence-electron chi connectivity index (χ3n) is 5.03. The maximum Gasteiger partial charge on any atom is 0.239 e. The van der Waals surface area contributed by atoms with Gasteiger partial charge < -0.3 is 19.3 Å². The molecule has 0 bridgehead atoms. The van der Waals surface area contributed by atoms with Gasteiger partial charge >= 0.3 is 0 Å². The summed E-state index contributed by atoms with van der Waals surface area (Å²) in [5.74, 6) is 2.39. The van der Waals surface area contributed by atoms with Crippen molar-refractivity contribution in [1.29, 1.82) is 0 Å². The van der Waals surface area contributed by atoms with Crippen LogP contribution in [0, 0.1) is 6.92 Å². The van der Waals surface area contributed by atoms with E-state index in [9.17, 15) is 4.79 Å². The van der Waals surface area contributed by atoms with Crippen molar-refractivity contribution in [2.24, 2.45) is 0 Å². The zero-order valence-electron chi connectivity index (χ0n) is 16.6. The Balaban J connectivity index is 1.64. The standard InChI is InChI=1S/C21H23N3O4S/c1-13-9-19(23-28-13)22-20(25)12-24-7-6-14-10-16(26-2)17(27-3)11-15(14)21(24)18-5-4-8-29-18/h4-5,8-11,21H,6-7,12H2,1-3H3,(H,22,23,25)/t21-/m0/s1. The fourth-order valence-corrected chi connectivity index (χ4v) is 4.62. The lowest BCUT2D eigenvalue weighted by Gasteiger charge is -2.36. The lowest BCUT2D eigenvalue weighted by Crippen LogP contribution is -2.41. The molecule has 0 unspecified atom stereocenters. The summed E-state index contributed by atoms with van der Waals surface area (Å²) in [4.78, 5) is 16.0. The van der Waals surface area contributed by atoms with E-state index >= 15 is 0 Å². The number of carbonyl (C=O) groups is 1. The third kappa shape index (κ3) is 3.99. The van der Waals surface area contributed by atoms with Gasteiger partial charge in [-0.15, -0.1) is 11.3 Å². The van der Waals surface area contributed by atoms with Crippen molar-refractivity contribution >= 4 is 23.1 Å². The van der Waals surface area contributed by atoms with Crippen LogP contribution in [0.3, 0.4) is 0 Å². The summed E-state index contributed by atoms with van der Waals surface area (Å²) in [6.45, 7) is 2.80. The second-order valence-corrected chi connectivity index (χ2v) is 7.89. The molecule has 1 atom stereocenters. The van der Waals surface area contributed by atoms with Crippen LogP contribution < -0.4 is 14.8 Å². The minimum atomic E-state index is -0.121. The van der Waals surface area contributed by atoms with Crippen LogP contribution in [-0.4, -0.2) is 43.3 Å². The van der Waals surface area contributed by atoms with E-state index in [1.54, 1.807) is 38.5 Å². The van der Waals surface area contributed by atoms with E-state index < -0.39 is 0 Å². The molecule has 0 radical (unpaired) electrons. The van der Waals surface area contributed by atoms with Gasteiger partial charge in [-0.05, 0) is 48.1 Å². The van der Waals surface area contributed by atoms with Gasteiger partial charge in [-0.3, -0.25) is 9.69 Å². The zero-order chi connectivity index (χ0) is 20.4. The molecule has 0 saturated carbocycles. The lowest BCUT2D eigenvalue weighted by atomic mass is 9.91. The summed E-state index contributed by atoms with van der Waals surface area (Å²) in [6.07, 6.45) is 0.827. The molecule has 1 aliphatic heterocycles. The average Bonchev–Trinajstić information content (AvgIpc) is 3.38. The number of aryl methyl sites for hydroxylation is 1. The van der Waals surface area contributed by atoms with Gasteiger partial charge in [0.05, 0.1) is 26.8 Å². The van der Waals surface area contributed by atoms with Crippen LogP contribution in [0.15, 0.2) is 40.2 Å². The summed E-state index contributed by atoms with van der Waals surface area (Å²) in [5.41, 5.74) is 2.35. The number of fused-ring (bicyclic) bond motifs is 1. The highest BCUT2D eigenvalue weighted by atomic mass is 32.1. The monoisotopic (exact) mass is 413 g/mol. The molecule has 0 aliphatic carbocycles. The number of thiophene rings is 1. The molecule has 2 aromatic heterocycles. The quantitative estimate of drug-likeness (QED) is 0.665. The summed E-state index contributed by atoms with van der Waals surface area (Å²) in [7, 11) is 3.28. The number of hydrogen-bond donors (Lipinski definition) is 1. The topological polar surface area (TPSA) is 76.8 Å². The molecule has 0 spiro atoms. The molecule has 0 fully saturated rings. The Morgan fingerprint density at radius 3 is 2.76 bits per heavy atom. The van der Waals surface area contributed by atoms with E-state index in [0.717, 1.165) is 24.3 Å². The van der Waals surface area contributed by atoms with Crippen molar-refractivity contribution in [3.8, 4) is 11.5 Å². The third-order valence-corrected chi connectivity index (χ3v) is 5.95. The van der Waals surface area contributed by atoms with Crippen LogP contribution in [-0.2, 0) is 11.2 Å². The molecule has 1 amide bonds. The van der Waals surface area contributed by atoms with E-state index in [4.69, 9.17) is 14.0 Å². The second kappa shape index (κ2) is 8.26. The number of ether oxygens (including phenoxy) is 2. The van der Waals surface area contributed by atoms with Gasteiger partial charge in [-0.25, -0.2) is 0 Å². The van der Waals surface area contributed by atoms with E-state index in [1.165, 1.54) is 10.4 Å². The van der Waals surface area contributed by atoms with Crippen molar-refractivity contribution in [3.05, 3.63) is 57.5 Å². The summed E-state index contributed by atoms with van der Waals surface area (Å²) >= 11 is 1.68. The SMILES string of the molecule is COc1cc2c(cc1OC)[C@@H](c1cccs1)N(CC(=O)Nc1cc(C)on1)CC2. The normalized spacial score (nSPS) is 16.3. The molecule has 4 rings (SSSR count). The highest BCUT2D eigenvalue weighted by Gasteiger charge is 2.32. The maximum atomic E-state index is 12.7. The summed E-state index contributed by atoms with van der Waals surface area (Å²) in [5, 5.41) is 8.71. The highest BCUT2D eigenvalue weighted by Crippen LogP contribution is 2.42. The number of carbonyl (C=O) groups excluding carboxylic acids is 1. The van der Waals surface area contributed by atoms with Gasteiger partial charge in [0.1, 0.15) is 5.76 Å². The van der Waals surface area contributed by atoms with Crippen LogP contribution in [0.4, 0.5) is 5.82 Å². The molecule has 152 valence electrons. The first-order valence-electron chi connectivity index (χ1n) is 9.34. The molecule has 3 aromatic rings. The Kier molecular flexibility index (Phi) is 5.55. The number of hydrogen-bond acceptors (Lipinski definition) is 7. The first kappa shape index (κ1) is 19.5. The number of nitrogens with zero attached hydrogens (tertiary/aromatic N) is 2. The van der Waals surface area contributed by atoms with Crippen molar-refractivity contribution in [1.82, 2.24) is 10.1 Å². The molecule has 8 heteroatoms. The largest absolute Gasteiger partial charge is 0.493 e. The Hall–Kier alpha value is -2.84. The van der Waals surface area contributed by atoms with Crippen LogP contribution in [0.25, 0.3) is 0 Å². The Morgan fingerprint density at radius 1 is 1.31 bits per heavy atom. The predicted octanol–water partition coefficient (Wildman–Crippen LogP) is 3.65.